The molecule has 0 spiro atoms. The molecule has 1 aromatic carbocycles. The number of hydrogen-bond acceptors (Lipinski definition) is 3. The normalized spacial score (nSPS) is 12.1. The van der Waals surface area contributed by atoms with Gasteiger partial charge in [-0.3, -0.25) is 5.10 Å². The van der Waals surface area contributed by atoms with E-state index in [1.54, 1.807) is 0 Å². The average molecular weight is 231 g/mol. The van der Waals surface area contributed by atoms with E-state index in [2.05, 4.69) is 22.4 Å². The second kappa shape index (κ2) is 5.39. The molecule has 0 aliphatic rings. The van der Waals surface area contributed by atoms with Crippen molar-refractivity contribution in [2.75, 3.05) is 11.9 Å². The number of hydrogen-bond donors (Lipinski definition) is 2. The summed E-state index contributed by atoms with van der Waals surface area (Å²) in [7, 11) is 0. The lowest BCUT2D eigenvalue weighted by atomic mass is 10.2. The predicted molar refractivity (Wildman–Crippen MR) is 68.2 cm³/mol. The SMILES string of the molecule is CCOc1ccc(NC(C)c2cn[nH]c2)cc1. The first-order chi connectivity index (χ1) is 8.29. The van der Waals surface area contributed by atoms with Crippen LogP contribution in [0.4, 0.5) is 5.69 Å². The Labute approximate surface area is 101 Å². The third-order valence-electron chi connectivity index (χ3n) is 2.57. The van der Waals surface area contributed by atoms with Crippen molar-refractivity contribution in [2.45, 2.75) is 19.9 Å². The molecule has 1 atom stereocenters. The molecule has 4 nitrogen and oxygen atoms in total. The Morgan fingerprint density at radius 1 is 1.35 bits per heavy atom. The first kappa shape index (κ1) is 11.5. The molecule has 2 rings (SSSR count). The van der Waals surface area contributed by atoms with E-state index >= 15 is 0 Å². The Morgan fingerprint density at radius 2 is 2.12 bits per heavy atom. The molecule has 2 N–H and O–H groups in total. The van der Waals surface area contributed by atoms with Crippen molar-refractivity contribution in [3.63, 3.8) is 0 Å². The summed E-state index contributed by atoms with van der Waals surface area (Å²) in [6.45, 7) is 4.77. The van der Waals surface area contributed by atoms with E-state index in [1.165, 1.54) is 0 Å². The van der Waals surface area contributed by atoms with Crippen LogP contribution in [-0.2, 0) is 0 Å². The highest BCUT2D eigenvalue weighted by Crippen LogP contribution is 2.20. The maximum absolute atomic E-state index is 5.40. The van der Waals surface area contributed by atoms with E-state index in [9.17, 15) is 0 Å². The van der Waals surface area contributed by atoms with Crippen LogP contribution < -0.4 is 10.1 Å². The summed E-state index contributed by atoms with van der Waals surface area (Å²) >= 11 is 0. The fourth-order valence-electron chi connectivity index (χ4n) is 1.65. The molecule has 0 aliphatic heterocycles. The predicted octanol–water partition coefficient (Wildman–Crippen LogP) is 2.98. The van der Waals surface area contributed by atoms with Gasteiger partial charge in [0.2, 0.25) is 0 Å². The summed E-state index contributed by atoms with van der Waals surface area (Å²) in [5.41, 5.74) is 2.21. The molecule has 0 radical (unpaired) electrons. The topological polar surface area (TPSA) is 49.9 Å². The number of ether oxygens (including phenoxy) is 1. The maximum atomic E-state index is 5.40. The standard InChI is InChI=1S/C13H17N3O/c1-3-17-13-6-4-12(5-7-13)16-10(2)11-8-14-15-9-11/h4-10,16H,3H2,1-2H3,(H,14,15). The molecule has 0 bridgehead atoms. The van der Waals surface area contributed by atoms with Crippen LogP contribution in [0.2, 0.25) is 0 Å². The van der Waals surface area contributed by atoms with Gasteiger partial charge in [-0.2, -0.15) is 5.10 Å². The maximum Gasteiger partial charge on any atom is 0.119 e. The lowest BCUT2D eigenvalue weighted by Gasteiger charge is -2.13. The Balaban J connectivity index is 1.99. The fourth-order valence-corrected chi connectivity index (χ4v) is 1.65. The average Bonchev–Trinajstić information content (AvgIpc) is 2.86. The summed E-state index contributed by atoms with van der Waals surface area (Å²) < 4.78 is 5.40. The van der Waals surface area contributed by atoms with Crippen molar-refractivity contribution < 1.29 is 4.74 Å². The summed E-state index contributed by atoms with van der Waals surface area (Å²) in [4.78, 5) is 0. The van der Waals surface area contributed by atoms with Crippen LogP contribution >= 0.6 is 0 Å². The smallest absolute Gasteiger partial charge is 0.119 e. The van der Waals surface area contributed by atoms with Crippen molar-refractivity contribution in [3.05, 3.63) is 42.2 Å². The van der Waals surface area contributed by atoms with Crippen LogP contribution in [0, 0.1) is 0 Å². The first-order valence-corrected chi connectivity index (χ1v) is 5.77. The number of anilines is 1. The Kier molecular flexibility index (Phi) is 3.65. The zero-order chi connectivity index (χ0) is 12.1. The van der Waals surface area contributed by atoms with Crippen LogP contribution in [-0.4, -0.2) is 16.8 Å². The minimum Gasteiger partial charge on any atom is -0.494 e. The molecule has 0 aliphatic carbocycles. The highest BCUT2D eigenvalue weighted by Gasteiger charge is 2.05. The minimum absolute atomic E-state index is 0.228. The van der Waals surface area contributed by atoms with Crippen LogP contribution in [0.1, 0.15) is 25.5 Å². The molecular weight excluding hydrogens is 214 g/mol. The highest BCUT2D eigenvalue weighted by molar-refractivity contribution is 5.47. The van der Waals surface area contributed by atoms with Crippen molar-refractivity contribution in [1.82, 2.24) is 10.2 Å². The van der Waals surface area contributed by atoms with Crippen molar-refractivity contribution in [3.8, 4) is 5.75 Å². The summed E-state index contributed by atoms with van der Waals surface area (Å²) in [6.07, 6.45) is 3.72. The number of aromatic nitrogens is 2. The molecule has 0 amide bonds. The van der Waals surface area contributed by atoms with Crippen molar-refractivity contribution >= 4 is 5.69 Å². The van der Waals surface area contributed by atoms with Crippen LogP contribution in [0.25, 0.3) is 0 Å². The van der Waals surface area contributed by atoms with Gasteiger partial charge < -0.3 is 10.1 Å². The molecule has 4 heteroatoms. The summed E-state index contributed by atoms with van der Waals surface area (Å²) in [6, 6.07) is 8.19. The lowest BCUT2D eigenvalue weighted by Crippen LogP contribution is -2.05. The second-order valence-electron chi connectivity index (χ2n) is 3.86. The molecule has 0 fully saturated rings. The summed E-state index contributed by atoms with van der Waals surface area (Å²) in [5.74, 6) is 0.897. The largest absolute Gasteiger partial charge is 0.494 e. The molecule has 1 aromatic heterocycles. The van der Waals surface area contributed by atoms with Gasteiger partial charge in [0.1, 0.15) is 5.75 Å². The molecular formula is C13H17N3O. The third kappa shape index (κ3) is 3.00. The van der Waals surface area contributed by atoms with Gasteiger partial charge in [-0.15, -0.1) is 0 Å². The van der Waals surface area contributed by atoms with Gasteiger partial charge in [0.05, 0.1) is 18.8 Å². The molecule has 90 valence electrons. The fraction of sp³-hybridized carbons (Fsp3) is 0.308. The lowest BCUT2D eigenvalue weighted by molar-refractivity contribution is 0.340. The van der Waals surface area contributed by atoms with Gasteiger partial charge in [0.15, 0.2) is 0 Å². The Hall–Kier alpha value is -1.97. The molecule has 1 unspecified atom stereocenters. The molecule has 0 saturated heterocycles. The Morgan fingerprint density at radius 3 is 2.71 bits per heavy atom. The van der Waals surface area contributed by atoms with E-state index in [4.69, 9.17) is 4.74 Å². The van der Waals surface area contributed by atoms with E-state index in [0.717, 1.165) is 17.0 Å². The van der Waals surface area contributed by atoms with Crippen molar-refractivity contribution in [2.24, 2.45) is 0 Å². The quantitative estimate of drug-likeness (QED) is 0.831. The zero-order valence-electron chi connectivity index (χ0n) is 10.1. The molecule has 2 aromatic rings. The molecule has 0 saturated carbocycles. The monoisotopic (exact) mass is 231 g/mol. The number of aromatic amines is 1. The van der Waals surface area contributed by atoms with Crippen molar-refractivity contribution in [1.29, 1.82) is 0 Å². The van der Waals surface area contributed by atoms with E-state index in [0.29, 0.717) is 6.61 Å². The van der Waals surface area contributed by atoms with Gasteiger partial charge in [-0.1, -0.05) is 0 Å². The van der Waals surface area contributed by atoms with Crippen LogP contribution in [0.5, 0.6) is 5.75 Å². The number of benzene rings is 1. The summed E-state index contributed by atoms with van der Waals surface area (Å²) in [5, 5.41) is 10.1. The van der Waals surface area contributed by atoms with Crippen LogP contribution in [0.3, 0.4) is 0 Å². The van der Waals surface area contributed by atoms with Gasteiger partial charge in [0, 0.05) is 17.4 Å². The van der Waals surface area contributed by atoms with E-state index < -0.39 is 0 Å². The van der Waals surface area contributed by atoms with Gasteiger partial charge >= 0.3 is 0 Å². The molecule has 1 heterocycles. The van der Waals surface area contributed by atoms with Crippen LogP contribution in [0.15, 0.2) is 36.7 Å². The third-order valence-corrected chi connectivity index (χ3v) is 2.57. The zero-order valence-corrected chi connectivity index (χ0v) is 10.1. The van der Waals surface area contributed by atoms with Gasteiger partial charge in [-0.25, -0.2) is 0 Å². The van der Waals surface area contributed by atoms with E-state index in [1.807, 2.05) is 43.6 Å². The second-order valence-corrected chi connectivity index (χ2v) is 3.86. The Bertz CT molecular complexity index is 436. The minimum atomic E-state index is 0.228. The number of H-pyrrole nitrogens is 1. The van der Waals surface area contributed by atoms with Gasteiger partial charge in [0.25, 0.3) is 0 Å². The number of nitrogens with one attached hydrogen (secondary N) is 2. The molecule has 17 heavy (non-hydrogen) atoms. The number of nitrogens with zero attached hydrogens (tertiary/aromatic N) is 1. The van der Waals surface area contributed by atoms with E-state index in [-0.39, 0.29) is 6.04 Å². The number of rotatable bonds is 5. The van der Waals surface area contributed by atoms with Gasteiger partial charge in [-0.05, 0) is 38.1 Å². The first-order valence-electron chi connectivity index (χ1n) is 5.77. The highest BCUT2D eigenvalue weighted by atomic mass is 16.5.